The standard InChI is InChI=1S/C42H64O10/c1-5-6-7-8-9-10-11-12-13-14-15-16-17-18-32(44)49-33-34-36(45)42(51-35(33)37(50-34)52-42)48-25-40-23-29-27(4)19-20-30(29)39(24-43)22-28(40)21-31(26(2)3)41(39,40)38(46)47/h21,24,26-30,33-37,45H,5-20,22-23,25H2,1-4H3,(H,46,47). The molecule has 4 aliphatic heterocycles. The lowest BCUT2D eigenvalue weighted by molar-refractivity contribution is -0.447. The van der Waals surface area contributed by atoms with E-state index in [0.29, 0.717) is 25.2 Å². The Morgan fingerprint density at radius 1 is 0.942 bits per heavy atom. The van der Waals surface area contributed by atoms with Crippen molar-refractivity contribution in [3.63, 3.8) is 0 Å². The molecule has 3 saturated carbocycles. The number of aliphatic hydroxyl groups is 1. The molecule has 0 aromatic heterocycles. The van der Waals surface area contributed by atoms with Gasteiger partial charge in [-0.05, 0) is 55.3 Å². The van der Waals surface area contributed by atoms with Gasteiger partial charge in [0.1, 0.15) is 17.8 Å². The summed E-state index contributed by atoms with van der Waals surface area (Å²) in [6, 6.07) is 0. The van der Waals surface area contributed by atoms with E-state index in [4.69, 9.17) is 23.7 Å². The zero-order valence-corrected chi connectivity index (χ0v) is 32.0. The van der Waals surface area contributed by atoms with Gasteiger partial charge in [0.2, 0.25) is 0 Å². The number of hydrogen-bond acceptors (Lipinski definition) is 9. The molecular formula is C42H64O10. The second-order valence-corrected chi connectivity index (χ2v) is 17.9. The van der Waals surface area contributed by atoms with E-state index in [9.17, 15) is 24.6 Å². The van der Waals surface area contributed by atoms with Gasteiger partial charge >= 0.3 is 17.9 Å². The third-order valence-corrected chi connectivity index (χ3v) is 14.9. The quantitative estimate of drug-likeness (QED) is 0.0529. The maximum Gasteiger partial charge on any atom is 0.316 e. The van der Waals surface area contributed by atoms with Crippen LogP contribution in [0.25, 0.3) is 0 Å². The van der Waals surface area contributed by atoms with Crippen molar-refractivity contribution < 1.29 is 48.3 Å². The lowest BCUT2D eigenvalue weighted by Gasteiger charge is -2.58. The van der Waals surface area contributed by atoms with Gasteiger partial charge in [0.15, 0.2) is 24.6 Å². The van der Waals surface area contributed by atoms with Gasteiger partial charge in [0.25, 0.3) is 0 Å². The van der Waals surface area contributed by atoms with Crippen LogP contribution in [0.3, 0.4) is 0 Å². The average molecular weight is 729 g/mol. The summed E-state index contributed by atoms with van der Waals surface area (Å²) in [7, 11) is 0. The van der Waals surface area contributed by atoms with Gasteiger partial charge in [0.05, 0.1) is 12.0 Å². The number of fused-ring (bicyclic) bond motifs is 2. The second-order valence-electron chi connectivity index (χ2n) is 17.9. The lowest BCUT2D eigenvalue weighted by Crippen LogP contribution is -2.66. The number of carbonyl (C=O) groups is 3. The highest BCUT2D eigenvalue weighted by atomic mass is 17.0. The normalized spacial score (nSPS) is 43.3. The molecule has 4 heterocycles. The summed E-state index contributed by atoms with van der Waals surface area (Å²) in [6.45, 7) is 8.45. The molecule has 0 aromatic rings. The van der Waals surface area contributed by atoms with Crippen LogP contribution in [0.1, 0.15) is 143 Å². The molecule has 52 heavy (non-hydrogen) atoms. The van der Waals surface area contributed by atoms with Gasteiger partial charge in [-0.1, -0.05) is 123 Å². The molecule has 10 nitrogen and oxygen atoms in total. The number of aliphatic carboxylic acids is 1. The largest absolute Gasteiger partial charge is 0.481 e. The van der Waals surface area contributed by atoms with Crippen LogP contribution in [0.2, 0.25) is 0 Å². The third kappa shape index (κ3) is 5.77. The lowest BCUT2D eigenvalue weighted by atomic mass is 9.43. The van der Waals surface area contributed by atoms with Crippen LogP contribution < -0.4 is 0 Å². The molecule has 292 valence electrons. The van der Waals surface area contributed by atoms with Crippen molar-refractivity contribution in [1.82, 2.24) is 0 Å². The smallest absolute Gasteiger partial charge is 0.316 e. The minimum Gasteiger partial charge on any atom is -0.481 e. The minimum absolute atomic E-state index is 0.00896. The van der Waals surface area contributed by atoms with Gasteiger partial charge in [0, 0.05) is 11.8 Å². The van der Waals surface area contributed by atoms with E-state index in [0.717, 1.165) is 44.0 Å². The van der Waals surface area contributed by atoms with Crippen LogP contribution in [0.4, 0.5) is 0 Å². The van der Waals surface area contributed by atoms with Crippen LogP contribution in [0, 0.1) is 45.8 Å². The van der Waals surface area contributed by atoms with Crippen molar-refractivity contribution in [1.29, 1.82) is 0 Å². The predicted molar refractivity (Wildman–Crippen MR) is 192 cm³/mol. The Kier molecular flexibility index (Phi) is 11.1. The summed E-state index contributed by atoms with van der Waals surface area (Å²) in [4.78, 5) is 40.1. The first-order chi connectivity index (χ1) is 25.0. The molecule has 0 amide bonds. The highest BCUT2D eigenvalue weighted by Gasteiger charge is 2.85. The van der Waals surface area contributed by atoms with Crippen LogP contribution in [0.15, 0.2) is 11.6 Å². The van der Waals surface area contributed by atoms with Crippen LogP contribution in [-0.4, -0.2) is 71.7 Å². The maximum absolute atomic E-state index is 13.8. The zero-order valence-electron chi connectivity index (χ0n) is 32.0. The van der Waals surface area contributed by atoms with Crippen molar-refractivity contribution in [3.8, 4) is 0 Å². The average Bonchev–Trinajstić information content (AvgIpc) is 3.85. The summed E-state index contributed by atoms with van der Waals surface area (Å²) in [5.41, 5.74) is -2.51. The number of ether oxygens (including phenoxy) is 5. The molecule has 13 atom stereocenters. The Balaban J connectivity index is 0.940. The molecule has 0 spiro atoms. The molecular weight excluding hydrogens is 664 g/mol. The van der Waals surface area contributed by atoms with E-state index in [1.54, 1.807) is 0 Å². The van der Waals surface area contributed by atoms with Crippen LogP contribution in [0.5, 0.6) is 0 Å². The Labute approximate surface area is 310 Å². The Morgan fingerprint density at radius 2 is 1.60 bits per heavy atom. The fourth-order valence-electron chi connectivity index (χ4n) is 12.5. The van der Waals surface area contributed by atoms with E-state index in [1.807, 2.05) is 13.8 Å². The number of carboxylic acid groups (broad SMARTS) is 1. The van der Waals surface area contributed by atoms with Crippen molar-refractivity contribution in [2.45, 2.75) is 180 Å². The van der Waals surface area contributed by atoms with E-state index in [2.05, 4.69) is 19.9 Å². The highest BCUT2D eigenvalue weighted by Crippen LogP contribution is 2.82. The molecule has 8 bridgehead atoms. The number of aldehydes is 1. The Bertz CT molecular complexity index is 1360. The van der Waals surface area contributed by atoms with Crippen molar-refractivity contribution in [2.75, 3.05) is 6.61 Å². The number of rotatable bonds is 21. The number of allylic oxidation sites excluding steroid dienone is 1. The Morgan fingerprint density at radius 3 is 2.21 bits per heavy atom. The van der Waals surface area contributed by atoms with E-state index in [1.165, 1.54) is 64.2 Å². The van der Waals surface area contributed by atoms with Crippen LogP contribution in [-0.2, 0) is 38.1 Å². The first kappa shape index (κ1) is 38.4. The topological polar surface area (TPSA) is 138 Å². The number of esters is 1. The Hall–Kier alpha value is -1.85. The fraction of sp³-hybridized carbons (Fsp3) is 0.881. The summed E-state index contributed by atoms with van der Waals surface area (Å²) in [5.74, 6) is -2.82. The summed E-state index contributed by atoms with van der Waals surface area (Å²) in [6.07, 6.45) is 17.5. The first-order valence-corrected chi connectivity index (χ1v) is 21.0. The highest BCUT2D eigenvalue weighted by molar-refractivity contribution is 5.90. The monoisotopic (exact) mass is 728 g/mol. The molecule has 8 aliphatic rings. The molecule has 0 aromatic carbocycles. The molecule has 7 fully saturated rings. The first-order valence-electron chi connectivity index (χ1n) is 21.0. The molecule has 4 saturated heterocycles. The zero-order chi connectivity index (χ0) is 36.9. The van der Waals surface area contributed by atoms with E-state index in [-0.39, 0.29) is 36.2 Å². The van der Waals surface area contributed by atoms with Crippen molar-refractivity contribution in [3.05, 3.63) is 11.6 Å². The second kappa shape index (κ2) is 15.0. The number of unbranched alkanes of at least 4 members (excludes halogenated alkanes) is 12. The number of carboxylic acids is 1. The molecule has 0 radical (unpaired) electrons. The maximum atomic E-state index is 13.8. The summed E-state index contributed by atoms with van der Waals surface area (Å²) < 4.78 is 30.7. The third-order valence-electron chi connectivity index (χ3n) is 14.9. The van der Waals surface area contributed by atoms with Crippen molar-refractivity contribution >= 4 is 18.2 Å². The molecule has 10 heteroatoms. The summed E-state index contributed by atoms with van der Waals surface area (Å²) in [5, 5.41) is 22.9. The predicted octanol–water partition coefficient (Wildman–Crippen LogP) is 7.49. The minimum atomic E-state index is -1.87. The van der Waals surface area contributed by atoms with Gasteiger partial charge < -0.3 is 34.0 Å². The van der Waals surface area contributed by atoms with E-state index < -0.39 is 58.9 Å². The SMILES string of the molecule is CCCCCCCCCCCCCCCC(=O)OC1C2OC3(OCC45CC6C(C)CCC6C6(C=O)CC4C=C(C(C)C)C65C(=O)O)OC2OC1C3O. The van der Waals surface area contributed by atoms with Crippen LogP contribution >= 0.6 is 0 Å². The number of hydrogen-bond donors (Lipinski definition) is 2. The van der Waals surface area contributed by atoms with Gasteiger partial charge in [-0.2, -0.15) is 0 Å². The molecule has 2 N–H and O–H groups in total. The molecule has 13 unspecified atom stereocenters. The van der Waals surface area contributed by atoms with Crippen molar-refractivity contribution in [2.24, 2.45) is 45.8 Å². The molecule has 8 rings (SSSR count). The van der Waals surface area contributed by atoms with Gasteiger partial charge in [-0.15, -0.1) is 0 Å². The molecule has 4 aliphatic carbocycles. The number of aliphatic hydroxyl groups excluding tert-OH is 1. The summed E-state index contributed by atoms with van der Waals surface area (Å²) >= 11 is 0. The number of carbonyl (C=O) groups excluding carboxylic acids is 2. The van der Waals surface area contributed by atoms with Gasteiger partial charge in [-0.3, -0.25) is 14.3 Å². The fourth-order valence-corrected chi connectivity index (χ4v) is 12.5. The van der Waals surface area contributed by atoms with Gasteiger partial charge in [-0.25, -0.2) is 0 Å². The van der Waals surface area contributed by atoms with E-state index >= 15 is 0 Å².